The van der Waals surface area contributed by atoms with Gasteiger partial charge in [0.25, 0.3) is 5.56 Å². The van der Waals surface area contributed by atoms with Crippen LogP contribution in [0, 0.1) is 0 Å². The molecule has 0 bridgehead atoms. The largest absolute Gasteiger partial charge is 0.497 e. The molecule has 0 saturated heterocycles. The third kappa shape index (κ3) is 5.84. The molecule has 216 valence electrons. The van der Waals surface area contributed by atoms with E-state index in [4.69, 9.17) is 30.5 Å². The predicted molar refractivity (Wildman–Crippen MR) is 162 cm³/mol. The zero-order valence-electron chi connectivity index (χ0n) is 23.5. The molecule has 1 aliphatic rings. The molecule has 10 heteroatoms. The molecule has 8 nitrogen and oxygen atoms in total. The molecule has 2 heterocycles. The number of carbonyl (C=O) groups is 1. The fraction of sp³-hybridized carbons (Fsp3) is 0.219. The van der Waals surface area contributed by atoms with Crippen molar-refractivity contribution in [2.45, 2.75) is 26.5 Å². The Bertz CT molecular complexity index is 1840. The highest BCUT2D eigenvalue weighted by atomic mass is 35.5. The predicted octanol–water partition coefficient (Wildman–Crippen LogP) is 5.05. The molecule has 4 aromatic rings. The van der Waals surface area contributed by atoms with Crippen molar-refractivity contribution in [1.82, 2.24) is 4.57 Å². The summed E-state index contributed by atoms with van der Waals surface area (Å²) in [4.78, 5) is 32.1. The fourth-order valence-electron chi connectivity index (χ4n) is 4.71. The molecule has 1 atom stereocenters. The van der Waals surface area contributed by atoms with Crippen LogP contribution in [-0.4, -0.2) is 31.4 Å². The molecular formula is C32H29ClN2O6S. The smallest absolute Gasteiger partial charge is 0.338 e. The van der Waals surface area contributed by atoms with Crippen molar-refractivity contribution in [3.63, 3.8) is 0 Å². The number of carbonyl (C=O) groups excluding carboxylic acids is 1. The molecule has 42 heavy (non-hydrogen) atoms. The van der Waals surface area contributed by atoms with Gasteiger partial charge in [0.2, 0.25) is 0 Å². The summed E-state index contributed by atoms with van der Waals surface area (Å²) in [5.74, 6) is 1.22. The van der Waals surface area contributed by atoms with Crippen molar-refractivity contribution >= 4 is 35.0 Å². The first-order valence-electron chi connectivity index (χ1n) is 13.2. The van der Waals surface area contributed by atoms with E-state index in [0.29, 0.717) is 42.9 Å². The van der Waals surface area contributed by atoms with Crippen LogP contribution in [0.4, 0.5) is 0 Å². The van der Waals surface area contributed by atoms with E-state index >= 15 is 0 Å². The molecule has 0 fully saturated rings. The van der Waals surface area contributed by atoms with Gasteiger partial charge < -0.3 is 18.9 Å². The molecule has 5 rings (SSSR count). The highest BCUT2D eigenvalue weighted by molar-refractivity contribution is 7.07. The standard InChI is InChI=1S/C32H29ClN2O6S/c1-5-40-31(37)28-19(2)34-32-35(29(28)21-11-13-23(38-3)14-12-21)30(36)27(42-32)17-20-10-15-25(26(16-20)39-4)41-18-22-8-6-7-9-24(22)33/h6-17,29H,5,18H2,1-4H3/b27-17-/t29-/m1/s1. The van der Waals surface area contributed by atoms with Crippen LogP contribution in [-0.2, 0) is 16.1 Å². The SMILES string of the molecule is CCOC(=O)C1=C(C)N=c2s/c(=C\c3ccc(OCc4ccccc4Cl)c(OC)c3)c(=O)n2[C@@H]1c1ccc(OC)cc1. The minimum absolute atomic E-state index is 0.204. The van der Waals surface area contributed by atoms with Gasteiger partial charge in [-0.2, -0.15) is 0 Å². The van der Waals surface area contributed by atoms with Gasteiger partial charge >= 0.3 is 5.97 Å². The second kappa shape index (κ2) is 12.7. The number of thiazole rings is 1. The van der Waals surface area contributed by atoms with Crippen molar-refractivity contribution in [2.75, 3.05) is 20.8 Å². The number of allylic oxidation sites excluding steroid dienone is 1. The number of hydrogen-bond acceptors (Lipinski definition) is 8. The molecule has 1 aliphatic heterocycles. The normalized spacial score (nSPS) is 14.7. The van der Waals surface area contributed by atoms with E-state index in [1.807, 2.05) is 42.5 Å². The first-order chi connectivity index (χ1) is 20.3. The van der Waals surface area contributed by atoms with Crippen LogP contribution in [0.3, 0.4) is 0 Å². The average molecular weight is 605 g/mol. The Balaban J connectivity index is 1.54. The molecule has 0 aliphatic carbocycles. The van der Waals surface area contributed by atoms with Gasteiger partial charge in [-0.25, -0.2) is 9.79 Å². The first kappa shape index (κ1) is 29.2. The zero-order valence-corrected chi connectivity index (χ0v) is 25.1. The maximum atomic E-state index is 13.9. The number of benzene rings is 3. The number of hydrogen-bond donors (Lipinski definition) is 0. The van der Waals surface area contributed by atoms with E-state index < -0.39 is 12.0 Å². The Kier molecular flexibility index (Phi) is 8.80. The van der Waals surface area contributed by atoms with Crippen LogP contribution in [0.2, 0.25) is 5.02 Å². The number of methoxy groups -OCH3 is 2. The van der Waals surface area contributed by atoms with Gasteiger partial charge in [-0.3, -0.25) is 9.36 Å². The number of nitrogens with zero attached hydrogens (tertiary/aromatic N) is 2. The number of halogens is 1. The topological polar surface area (TPSA) is 88.4 Å². The highest BCUT2D eigenvalue weighted by Gasteiger charge is 2.33. The van der Waals surface area contributed by atoms with Gasteiger partial charge in [0.1, 0.15) is 12.4 Å². The van der Waals surface area contributed by atoms with Gasteiger partial charge in [-0.1, -0.05) is 59.3 Å². The van der Waals surface area contributed by atoms with Crippen LogP contribution >= 0.6 is 22.9 Å². The number of ether oxygens (including phenoxy) is 4. The zero-order chi connectivity index (χ0) is 29.8. The van der Waals surface area contributed by atoms with Crippen LogP contribution in [0.25, 0.3) is 6.08 Å². The van der Waals surface area contributed by atoms with Crippen molar-refractivity contribution in [2.24, 2.45) is 4.99 Å². The Morgan fingerprint density at radius 2 is 1.81 bits per heavy atom. The summed E-state index contributed by atoms with van der Waals surface area (Å²) < 4.78 is 24.2. The molecule has 1 aromatic heterocycles. The van der Waals surface area contributed by atoms with E-state index in [1.165, 1.54) is 11.3 Å². The Morgan fingerprint density at radius 1 is 1.05 bits per heavy atom. The van der Waals surface area contributed by atoms with Crippen molar-refractivity contribution in [3.8, 4) is 17.2 Å². The van der Waals surface area contributed by atoms with Crippen molar-refractivity contribution < 1.29 is 23.7 Å². The lowest BCUT2D eigenvalue weighted by Gasteiger charge is -2.24. The Labute approximate surface area is 251 Å². The van der Waals surface area contributed by atoms with Crippen LogP contribution in [0.15, 0.2) is 87.8 Å². The lowest BCUT2D eigenvalue weighted by atomic mass is 9.96. The third-order valence-electron chi connectivity index (χ3n) is 6.78. The molecular weight excluding hydrogens is 576 g/mol. The summed E-state index contributed by atoms with van der Waals surface area (Å²) >= 11 is 7.51. The third-order valence-corrected chi connectivity index (χ3v) is 8.13. The van der Waals surface area contributed by atoms with Gasteiger partial charge in [0.05, 0.1) is 42.7 Å². The number of fused-ring (bicyclic) bond motifs is 1. The van der Waals surface area contributed by atoms with Crippen LogP contribution < -0.4 is 29.1 Å². The van der Waals surface area contributed by atoms with Crippen molar-refractivity contribution in [1.29, 1.82) is 0 Å². The second-order valence-electron chi connectivity index (χ2n) is 9.37. The molecule has 3 aromatic carbocycles. The number of esters is 1. The summed E-state index contributed by atoms with van der Waals surface area (Å²) in [6.07, 6.45) is 1.78. The minimum Gasteiger partial charge on any atom is -0.497 e. The summed E-state index contributed by atoms with van der Waals surface area (Å²) in [7, 11) is 3.14. The molecule has 0 unspecified atom stereocenters. The summed E-state index contributed by atoms with van der Waals surface area (Å²) in [6.45, 7) is 3.98. The number of aromatic nitrogens is 1. The van der Waals surface area contributed by atoms with Gasteiger partial charge in [-0.15, -0.1) is 0 Å². The summed E-state index contributed by atoms with van der Waals surface area (Å²) in [5, 5.41) is 0.623. The highest BCUT2D eigenvalue weighted by Crippen LogP contribution is 2.32. The second-order valence-corrected chi connectivity index (χ2v) is 10.8. The minimum atomic E-state index is -0.705. The van der Waals surface area contributed by atoms with Gasteiger partial charge in [0.15, 0.2) is 16.3 Å². The monoisotopic (exact) mass is 604 g/mol. The summed E-state index contributed by atoms with van der Waals surface area (Å²) in [5.41, 5.74) is 2.89. The molecule has 0 N–H and O–H groups in total. The molecule has 0 saturated carbocycles. The first-order valence-corrected chi connectivity index (χ1v) is 14.4. The molecule has 0 spiro atoms. The van der Waals surface area contributed by atoms with Gasteiger partial charge in [-0.05, 0) is 61.4 Å². The van der Waals surface area contributed by atoms with Crippen molar-refractivity contribution in [3.05, 3.63) is 119 Å². The molecule has 0 radical (unpaired) electrons. The van der Waals surface area contributed by atoms with E-state index in [2.05, 4.69) is 4.99 Å². The Hall–Kier alpha value is -4.34. The molecule has 0 amide bonds. The van der Waals surface area contributed by atoms with E-state index in [9.17, 15) is 9.59 Å². The van der Waals surface area contributed by atoms with E-state index in [1.54, 1.807) is 63.0 Å². The Morgan fingerprint density at radius 3 is 2.50 bits per heavy atom. The average Bonchev–Trinajstić information content (AvgIpc) is 3.30. The van der Waals surface area contributed by atoms with Crippen LogP contribution in [0.5, 0.6) is 17.2 Å². The van der Waals surface area contributed by atoms with E-state index in [0.717, 1.165) is 16.7 Å². The summed E-state index contributed by atoms with van der Waals surface area (Å²) in [6, 6.07) is 19.5. The lowest BCUT2D eigenvalue weighted by molar-refractivity contribution is -0.139. The fourth-order valence-corrected chi connectivity index (χ4v) is 5.95. The maximum Gasteiger partial charge on any atom is 0.338 e. The van der Waals surface area contributed by atoms with Crippen LogP contribution in [0.1, 0.15) is 36.6 Å². The van der Waals surface area contributed by atoms with E-state index in [-0.39, 0.29) is 18.8 Å². The maximum absolute atomic E-state index is 13.9. The quantitative estimate of drug-likeness (QED) is 0.249. The lowest BCUT2D eigenvalue weighted by Crippen LogP contribution is -2.39. The number of rotatable bonds is 9. The van der Waals surface area contributed by atoms with Gasteiger partial charge in [0, 0.05) is 10.6 Å².